The van der Waals surface area contributed by atoms with Crippen molar-refractivity contribution < 1.29 is 9.59 Å². The van der Waals surface area contributed by atoms with Gasteiger partial charge in [0.2, 0.25) is 11.8 Å². The lowest BCUT2D eigenvalue weighted by Gasteiger charge is -2.17. The second kappa shape index (κ2) is 9.02. The van der Waals surface area contributed by atoms with Crippen LogP contribution in [-0.2, 0) is 9.59 Å². The molecule has 0 unspecified atom stereocenters. The molecule has 0 fully saturated rings. The highest BCUT2D eigenvalue weighted by molar-refractivity contribution is 6.42. The molecule has 0 radical (unpaired) electrons. The molecule has 0 atom stereocenters. The van der Waals surface area contributed by atoms with E-state index < -0.39 is 0 Å². The molecule has 2 amide bonds. The molecule has 2 aromatic rings. The van der Waals surface area contributed by atoms with Gasteiger partial charge in [0.1, 0.15) is 5.82 Å². The predicted molar refractivity (Wildman–Crippen MR) is 104 cm³/mol. The van der Waals surface area contributed by atoms with Gasteiger partial charge < -0.3 is 10.6 Å². The van der Waals surface area contributed by atoms with E-state index >= 15 is 0 Å². The Bertz CT molecular complexity index is 791. The molecule has 0 bridgehead atoms. The van der Waals surface area contributed by atoms with E-state index in [9.17, 15) is 9.59 Å². The van der Waals surface area contributed by atoms with Gasteiger partial charge in [0, 0.05) is 17.8 Å². The van der Waals surface area contributed by atoms with E-state index in [0.29, 0.717) is 21.6 Å². The highest BCUT2D eigenvalue weighted by atomic mass is 35.5. The molecule has 1 aromatic carbocycles. The Morgan fingerprint density at radius 3 is 2.38 bits per heavy atom. The van der Waals surface area contributed by atoms with Crippen LogP contribution in [0.4, 0.5) is 11.5 Å². The third kappa shape index (κ3) is 5.72. The molecule has 0 aliphatic rings. The summed E-state index contributed by atoms with van der Waals surface area (Å²) in [6, 6.07) is 6.70. The van der Waals surface area contributed by atoms with Crippen LogP contribution in [0.2, 0.25) is 10.0 Å². The Balaban J connectivity index is 1.84. The van der Waals surface area contributed by atoms with Crippen LogP contribution in [0.1, 0.15) is 19.9 Å². The van der Waals surface area contributed by atoms with Crippen molar-refractivity contribution in [2.75, 3.05) is 30.8 Å². The highest BCUT2D eigenvalue weighted by Gasteiger charge is 2.14. The quantitative estimate of drug-likeness (QED) is 0.750. The first kappa shape index (κ1) is 20.2. The Hall–Kier alpha value is -2.09. The van der Waals surface area contributed by atoms with Gasteiger partial charge >= 0.3 is 0 Å². The van der Waals surface area contributed by atoms with Gasteiger partial charge in [0.15, 0.2) is 0 Å². The Morgan fingerprint density at radius 1 is 1.12 bits per heavy atom. The third-order valence-corrected chi connectivity index (χ3v) is 4.20. The largest absolute Gasteiger partial charge is 0.325 e. The summed E-state index contributed by atoms with van der Waals surface area (Å²) in [4.78, 5) is 25.9. The van der Waals surface area contributed by atoms with E-state index in [1.165, 1.54) is 0 Å². The van der Waals surface area contributed by atoms with Crippen LogP contribution in [0, 0.1) is 0 Å². The fourth-order valence-corrected chi connectivity index (χ4v) is 2.63. The van der Waals surface area contributed by atoms with Crippen molar-refractivity contribution in [2.45, 2.75) is 19.9 Å². The van der Waals surface area contributed by atoms with Crippen molar-refractivity contribution in [1.29, 1.82) is 0 Å². The Kier molecular flexibility index (Phi) is 7.02. The summed E-state index contributed by atoms with van der Waals surface area (Å²) < 4.78 is 1.72. The number of halogens is 2. The van der Waals surface area contributed by atoms with Crippen LogP contribution in [0.3, 0.4) is 0 Å². The van der Waals surface area contributed by atoms with Gasteiger partial charge in [-0.25, -0.2) is 4.68 Å². The summed E-state index contributed by atoms with van der Waals surface area (Å²) in [5, 5.41) is 10.4. The fraction of sp³-hybridized carbons (Fsp3) is 0.353. The fourth-order valence-electron chi connectivity index (χ4n) is 2.33. The zero-order valence-electron chi connectivity index (χ0n) is 14.8. The zero-order chi connectivity index (χ0) is 19.3. The maximum Gasteiger partial charge on any atom is 0.239 e. The predicted octanol–water partition coefficient (Wildman–Crippen LogP) is 3.28. The minimum atomic E-state index is -0.258. The number of benzene rings is 1. The van der Waals surface area contributed by atoms with Crippen LogP contribution in [0.25, 0.3) is 0 Å². The van der Waals surface area contributed by atoms with Gasteiger partial charge in [-0.05, 0) is 39.1 Å². The summed E-state index contributed by atoms with van der Waals surface area (Å²) in [6.45, 7) is 4.07. The summed E-state index contributed by atoms with van der Waals surface area (Å²) in [6.07, 6.45) is 1.63. The summed E-state index contributed by atoms with van der Waals surface area (Å²) in [5.41, 5.74) is 0.545. The number of hydrogen-bond acceptors (Lipinski definition) is 4. The molecule has 0 spiro atoms. The van der Waals surface area contributed by atoms with Crippen LogP contribution in [0.5, 0.6) is 0 Å². The number of amides is 2. The SMILES string of the molecule is CC(C)n1nccc1NC(=O)CN(C)CC(=O)Nc1ccc(Cl)c(Cl)c1. The number of carbonyl (C=O) groups excluding carboxylic acids is 2. The van der Waals surface area contributed by atoms with Crippen LogP contribution in [0.15, 0.2) is 30.5 Å². The minimum absolute atomic E-state index is 0.0527. The molecule has 1 aromatic heterocycles. The molecule has 0 aliphatic carbocycles. The van der Waals surface area contributed by atoms with E-state index in [4.69, 9.17) is 23.2 Å². The number of nitrogens with one attached hydrogen (secondary N) is 2. The lowest BCUT2D eigenvalue weighted by Crippen LogP contribution is -2.36. The van der Waals surface area contributed by atoms with Crippen molar-refractivity contribution in [3.63, 3.8) is 0 Å². The smallest absolute Gasteiger partial charge is 0.239 e. The molecule has 7 nitrogen and oxygen atoms in total. The maximum atomic E-state index is 12.2. The summed E-state index contributed by atoms with van der Waals surface area (Å²) in [5.74, 6) is 0.141. The van der Waals surface area contributed by atoms with Crippen molar-refractivity contribution in [1.82, 2.24) is 14.7 Å². The van der Waals surface area contributed by atoms with Gasteiger partial charge in [0.25, 0.3) is 0 Å². The normalized spacial score (nSPS) is 11.0. The minimum Gasteiger partial charge on any atom is -0.325 e. The summed E-state index contributed by atoms with van der Waals surface area (Å²) >= 11 is 11.8. The van der Waals surface area contributed by atoms with E-state index in [0.717, 1.165) is 0 Å². The second-order valence-corrected chi connectivity index (χ2v) is 6.97. The monoisotopic (exact) mass is 397 g/mol. The molecule has 0 aliphatic heterocycles. The van der Waals surface area contributed by atoms with Gasteiger partial charge in [-0.1, -0.05) is 23.2 Å². The lowest BCUT2D eigenvalue weighted by atomic mass is 10.3. The molecule has 2 N–H and O–H groups in total. The molecule has 2 rings (SSSR count). The number of carbonyl (C=O) groups is 2. The van der Waals surface area contributed by atoms with E-state index in [1.807, 2.05) is 13.8 Å². The van der Waals surface area contributed by atoms with Gasteiger partial charge in [-0.2, -0.15) is 5.10 Å². The first-order valence-electron chi connectivity index (χ1n) is 8.03. The van der Waals surface area contributed by atoms with Crippen LogP contribution in [-0.4, -0.2) is 46.6 Å². The van der Waals surface area contributed by atoms with E-state index in [1.54, 1.807) is 47.1 Å². The van der Waals surface area contributed by atoms with E-state index in [2.05, 4.69) is 15.7 Å². The number of anilines is 2. The van der Waals surface area contributed by atoms with Crippen molar-refractivity contribution in [3.8, 4) is 0 Å². The molecule has 26 heavy (non-hydrogen) atoms. The molecule has 0 saturated carbocycles. The second-order valence-electron chi connectivity index (χ2n) is 6.15. The number of rotatable bonds is 7. The Labute approximate surface area is 162 Å². The van der Waals surface area contributed by atoms with Crippen LogP contribution >= 0.6 is 23.2 Å². The average molecular weight is 398 g/mol. The van der Waals surface area contributed by atoms with Crippen molar-refractivity contribution in [2.24, 2.45) is 0 Å². The standard InChI is InChI=1S/C17H21Cl2N5O2/c1-11(2)24-15(6-7-20-24)22-17(26)10-23(3)9-16(25)21-12-4-5-13(18)14(19)8-12/h4-8,11H,9-10H2,1-3H3,(H,21,25)(H,22,26). The van der Waals surface area contributed by atoms with Gasteiger partial charge in [-0.3, -0.25) is 14.5 Å². The lowest BCUT2D eigenvalue weighted by molar-refractivity contribution is -0.119. The first-order valence-corrected chi connectivity index (χ1v) is 8.78. The highest BCUT2D eigenvalue weighted by Crippen LogP contribution is 2.24. The molecular formula is C17H21Cl2N5O2. The molecule has 0 saturated heterocycles. The topological polar surface area (TPSA) is 79.3 Å². The van der Waals surface area contributed by atoms with Crippen molar-refractivity contribution >= 4 is 46.5 Å². The zero-order valence-corrected chi connectivity index (χ0v) is 16.3. The number of likely N-dealkylation sites (N-methyl/N-ethyl adjacent to an activating group) is 1. The van der Waals surface area contributed by atoms with Crippen molar-refractivity contribution in [3.05, 3.63) is 40.5 Å². The number of nitrogens with zero attached hydrogens (tertiary/aromatic N) is 3. The van der Waals surface area contributed by atoms with Crippen LogP contribution < -0.4 is 10.6 Å². The first-order chi connectivity index (χ1) is 12.3. The van der Waals surface area contributed by atoms with E-state index in [-0.39, 0.29) is 30.9 Å². The maximum absolute atomic E-state index is 12.2. The molecule has 9 heteroatoms. The van der Waals surface area contributed by atoms with Gasteiger partial charge in [0.05, 0.1) is 29.3 Å². The third-order valence-electron chi connectivity index (χ3n) is 3.46. The molecule has 1 heterocycles. The molecule has 140 valence electrons. The number of aromatic nitrogens is 2. The van der Waals surface area contributed by atoms with Gasteiger partial charge in [-0.15, -0.1) is 0 Å². The average Bonchev–Trinajstić information content (AvgIpc) is 2.98. The molecular weight excluding hydrogens is 377 g/mol. The number of hydrogen-bond donors (Lipinski definition) is 2. The summed E-state index contributed by atoms with van der Waals surface area (Å²) in [7, 11) is 1.69. The Morgan fingerprint density at radius 2 is 1.77 bits per heavy atom.